The highest BCUT2D eigenvalue weighted by atomic mass is 19.4. The molecule has 5 nitrogen and oxygen atoms in total. The summed E-state index contributed by atoms with van der Waals surface area (Å²) < 4.78 is 76.5. The fourth-order valence-electron chi connectivity index (χ4n) is 2.74. The Labute approximate surface area is 164 Å². The smallest absolute Gasteiger partial charge is 0.339 e. The predicted octanol–water partition coefficient (Wildman–Crippen LogP) is 5.80. The maximum Gasteiger partial charge on any atom is 0.433 e. The third-order valence-electron chi connectivity index (χ3n) is 4.16. The molecule has 0 spiro atoms. The van der Waals surface area contributed by atoms with Gasteiger partial charge in [0.05, 0.1) is 34.7 Å². The van der Waals surface area contributed by atoms with Crippen LogP contribution in [-0.2, 0) is 12.4 Å². The minimum Gasteiger partial charge on any atom is -0.339 e. The molecule has 1 aromatic carbocycles. The summed E-state index contributed by atoms with van der Waals surface area (Å²) in [5, 5.41) is 2.81. The van der Waals surface area contributed by atoms with Gasteiger partial charge in [0.15, 0.2) is 0 Å². The van der Waals surface area contributed by atoms with Crippen LogP contribution in [0.3, 0.4) is 0 Å². The zero-order chi connectivity index (χ0) is 21.5. The lowest BCUT2D eigenvalue weighted by atomic mass is 10.1. The van der Waals surface area contributed by atoms with E-state index in [0.717, 1.165) is 24.4 Å². The summed E-state index contributed by atoms with van der Waals surface area (Å²) >= 11 is 0. The average molecular weight is 423 g/mol. The summed E-state index contributed by atoms with van der Waals surface area (Å²) in [6.45, 7) is 0. The molecule has 0 aliphatic heterocycles. The van der Waals surface area contributed by atoms with E-state index in [1.165, 1.54) is 30.5 Å². The van der Waals surface area contributed by atoms with Crippen molar-refractivity contribution in [2.24, 2.45) is 0 Å². The quantitative estimate of drug-likeness (QED) is 0.409. The summed E-state index contributed by atoms with van der Waals surface area (Å²) in [4.78, 5) is 14.7. The Morgan fingerprint density at radius 1 is 0.833 bits per heavy atom. The lowest BCUT2D eigenvalue weighted by Crippen LogP contribution is -2.07. The number of nitrogens with zero attached hydrogens (tertiary/aromatic N) is 3. The second-order valence-electron chi connectivity index (χ2n) is 6.31. The van der Waals surface area contributed by atoms with E-state index >= 15 is 0 Å². The van der Waals surface area contributed by atoms with Gasteiger partial charge < -0.3 is 10.3 Å². The molecule has 0 saturated carbocycles. The van der Waals surface area contributed by atoms with E-state index in [-0.39, 0.29) is 22.9 Å². The van der Waals surface area contributed by atoms with Crippen LogP contribution in [-0.4, -0.2) is 19.9 Å². The van der Waals surface area contributed by atoms with Crippen molar-refractivity contribution in [3.05, 3.63) is 66.1 Å². The Kier molecular flexibility index (Phi) is 4.60. The van der Waals surface area contributed by atoms with Crippen LogP contribution in [0.25, 0.3) is 22.4 Å². The van der Waals surface area contributed by atoms with Crippen molar-refractivity contribution in [3.8, 4) is 11.4 Å². The molecular weight excluding hydrogens is 412 g/mol. The SMILES string of the molecule is FC(F)(F)c1cccc(-c2nc3cc(Nc4ccc(C(F)(F)F)nc4)ncc3[nH]2)c1. The van der Waals surface area contributed by atoms with Gasteiger partial charge in [-0.1, -0.05) is 12.1 Å². The molecule has 4 rings (SSSR count). The Balaban J connectivity index is 1.60. The van der Waals surface area contributed by atoms with Crippen LogP contribution in [0.4, 0.5) is 37.8 Å². The Morgan fingerprint density at radius 3 is 2.30 bits per heavy atom. The maximum absolute atomic E-state index is 12.9. The number of imidazole rings is 1. The second-order valence-corrected chi connectivity index (χ2v) is 6.31. The molecule has 0 amide bonds. The first kappa shape index (κ1) is 19.7. The third kappa shape index (κ3) is 4.04. The van der Waals surface area contributed by atoms with Crippen LogP contribution in [0.2, 0.25) is 0 Å². The highest BCUT2D eigenvalue weighted by Gasteiger charge is 2.32. The van der Waals surface area contributed by atoms with E-state index in [1.54, 1.807) is 0 Å². The monoisotopic (exact) mass is 423 g/mol. The van der Waals surface area contributed by atoms with E-state index in [4.69, 9.17) is 0 Å². The van der Waals surface area contributed by atoms with Gasteiger partial charge in [0.1, 0.15) is 17.3 Å². The van der Waals surface area contributed by atoms with Gasteiger partial charge in [-0.05, 0) is 24.3 Å². The lowest BCUT2D eigenvalue weighted by Gasteiger charge is -2.08. The number of fused-ring (bicyclic) bond motifs is 1. The first-order valence-electron chi connectivity index (χ1n) is 8.43. The van der Waals surface area contributed by atoms with Crippen molar-refractivity contribution < 1.29 is 26.3 Å². The number of anilines is 2. The predicted molar refractivity (Wildman–Crippen MR) is 96.8 cm³/mol. The standard InChI is InChI=1S/C19H11F6N5/c20-18(21,22)11-3-1-2-10(6-11)17-29-13-7-16(27-9-14(13)30-17)28-12-4-5-15(26-8-12)19(23,24)25/h1-9H,(H,27,28)(H,29,30). The van der Waals surface area contributed by atoms with Gasteiger partial charge in [0, 0.05) is 11.6 Å². The fourth-order valence-corrected chi connectivity index (χ4v) is 2.74. The zero-order valence-corrected chi connectivity index (χ0v) is 14.8. The van der Waals surface area contributed by atoms with E-state index in [9.17, 15) is 26.3 Å². The van der Waals surface area contributed by atoms with Crippen molar-refractivity contribution in [2.75, 3.05) is 5.32 Å². The van der Waals surface area contributed by atoms with Gasteiger partial charge in [-0.15, -0.1) is 0 Å². The fraction of sp³-hybridized carbons (Fsp3) is 0.105. The molecule has 3 aromatic heterocycles. The summed E-state index contributed by atoms with van der Waals surface area (Å²) in [6.07, 6.45) is -6.58. The third-order valence-corrected chi connectivity index (χ3v) is 4.16. The van der Waals surface area contributed by atoms with Gasteiger partial charge >= 0.3 is 12.4 Å². The first-order valence-corrected chi connectivity index (χ1v) is 8.43. The second kappa shape index (κ2) is 7.01. The minimum atomic E-state index is -4.54. The molecule has 11 heteroatoms. The molecule has 2 N–H and O–H groups in total. The largest absolute Gasteiger partial charge is 0.433 e. The van der Waals surface area contributed by atoms with Crippen LogP contribution in [0.5, 0.6) is 0 Å². The molecule has 0 radical (unpaired) electrons. The average Bonchev–Trinajstić information content (AvgIpc) is 3.11. The molecule has 4 aromatic rings. The van der Waals surface area contributed by atoms with Crippen molar-refractivity contribution in [2.45, 2.75) is 12.4 Å². The van der Waals surface area contributed by atoms with Crippen LogP contribution in [0.15, 0.2) is 54.9 Å². The van der Waals surface area contributed by atoms with Gasteiger partial charge in [-0.25, -0.2) is 15.0 Å². The number of hydrogen-bond acceptors (Lipinski definition) is 4. The van der Waals surface area contributed by atoms with Crippen LogP contribution in [0, 0.1) is 0 Å². The molecule has 0 bridgehead atoms. The number of aromatic nitrogens is 4. The van der Waals surface area contributed by atoms with Gasteiger partial charge in [0.2, 0.25) is 0 Å². The number of aromatic amines is 1. The maximum atomic E-state index is 12.9. The van der Waals surface area contributed by atoms with Crippen molar-refractivity contribution in [1.82, 2.24) is 19.9 Å². The number of H-pyrrole nitrogens is 1. The Bertz CT molecular complexity index is 1190. The van der Waals surface area contributed by atoms with Crippen molar-refractivity contribution >= 4 is 22.5 Å². The highest BCUT2D eigenvalue weighted by molar-refractivity contribution is 5.81. The molecule has 0 saturated heterocycles. The zero-order valence-electron chi connectivity index (χ0n) is 14.8. The molecule has 3 heterocycles. The molecule has 0 fully saturated rings. The molecule has 0 unspecified atom stereocenters. The first-order chi connectivity index (χ1) is 14.1. The number of benzene rings is 1. The van der Waals surface area contributed by atoms with Crippen molar-refractivity contribution in [1.29, 1.82) is 0 Å². The van der Waals surface area contributed by atoms with Crippen LogP contribution in [0.1, 0.15) is 11.3 Å². The Hall–Kier alpha value is -3.63. The number of pyridine rings is 2. The van der Waals surface area contributed by atoms with E-state index < -0.39 is 23.6 Å². The number of hydrogen-bond donors (Lipinski definition) is 2. The summed E-state index contributed by atoms with van der Waals surface area (Å²) in [7, 11) is 0. The number of nitrogens with one attached hydrogen (secondary N) is 2. The number of rotatable bonds is 3. The molecule has 0 aliphatic rings. The van der Waals surface area contributed by atoms with E-state index in [0.29, 0.717) is 11.0 Å². The summed E-state index contributed by atoms with van der Waals surface area (Å²) in [5.74, 6) is 0.511. The van der Waals surface area contributed by atoms with Crippen LogP contribution < -0.4 is 5.32 Å². The van der Waals surface area contributed by atoms with Gasteiger partial charge in [-0.2, -0.15) is 26.3 Å². The number of alkyl halides is 6. The van der Waals surface area contributed by atoms with Gasteiger partial charge in [-0.3, -0.25) is 0 Å². The minimum absolute atomic E-state index is 0.228. The lowest BCUT2D eigenvalue weighted by molar-refractivity contribution is -0.141. The molecule has 30 heavy (non-hydrogen) atoms. The highest BCUT2D eigenvalue weighted by Crippen LogP contribution is 2.32. The van der Waals surface area contributed by atoms with E-state index in [1.807, 2.05) is 0 Å². The van der Waals surface area contributed by atoms with E-state index in [2.05, 4.69) is 25.3 Å². The van der Waals surface area contributed by atoms with Crippen molar-refractivity contribution in [3.63, 3.8) is 0 Å². The molecule has 0 aliphatic carbocycles. The van der Waals surface area contributed by atoms with Gasteiger partial charge in [0.25, 0.3) is 0 Å². The number of halogens is 6. The normalized spacial score (nSPS) is 12.3. The van der Waals surface area contributed by atoms with Crippen LogP contribution >= 0.6 is 0 Å². The topological polar surface area (TPSA) is 66.5 Å². The summed E-state index contributed by atoms with van der Waals surface area (Å²) in [6, 6.07) is 8.29. The molecule has 154 valence electrons. The Morgan fingerprint density at radius 2 is 1.63 bits per heavy atom. The summed E-state index contributed by atoms with van der Waals surface area (Å²) in [5.41, 5.74) is -0.380. The molecule has 0 atom stereocenters. The molecular formula is C19H11F6N5.